The highest BCUT2D eigenvalue weighted by atomic mass is 32.1. The van der Waals surface area contributed by atoms with Crippen LogP contribution in [0.2, 0.25) is 0 Å². The van der Waals surface area contributed by atoms with Gasteiger partial charge in [0.2, 0.25) is 5.91 Å². The number of piperidine rings is 1. The molecule has 1 N–H and O–H groups in total. The Kier molecular flexibility index (Phi) is 6.28. The second kappa shape index (κ2) is 9.63. The number of para-hydroxylation sites is 1. The van der Waals surface area contributed by atoms with Crippen LogP contribution >= 0.6 is 11.3 Å². The van der Waals surface area contributed by atoms with Crippen molar-refractivity contribution in [1.82, 2.24) is 15.2 Å². The number of pyridine rings is 1. The maximum absolute atomic E-state index is 13.1. The van der Waals surface area contributed by atoms with Gasteiger partial charge in [-0.2, -0.15) is 11.3 Å². The fourth-order valence-corrected chi connectivity index (χ4v) is 5.17. The van der Waals surface area contributed by atoms with Gasteiger partial charge in [-0.15, -0.1) is 0 Å². The summed E-state index contributed by atoms with van der Waals surface area (Å²) in [5.74, 6) is 0.217. The number of likely N-dealkylation sites (tertiary alicyclic amines) is 1. The SMILES string of the molecule is O=C(NC(c1ccccc1)c1ccsc1)C1CCN(Cc2ccc3ccccc3n2)CC1. The monoisotopic (exact) mass is 441 g/mol. The molecule has 4 aromatic rings. The number of hydrogen-bond acceptors (Lipinski definition) is 4. The van der Waals surface area contributed by atoms with Crippen molar-refractivity contribution in [2.24, 2.45) is 5.92 Å². The van der Waals surface area contributed by atoms with E-state index in [1.807, 2.05) is 30.3 Å². The Bertz CT molecular complexity index is 1170. The molecule has 4 nitrogen and oxygen atoms in total. The van der Waals surface area contributed by atoms with Crippen LogP contribution < -0.4 is 5.32 Å². The van der Waals surface area contributed by atoms with Crippen LogP contribution in [0.15, 0.2) is 83.6 Å². The second-order valence-electron chi connectivity index (χ2n) is 8.45. The Morgan fingerprint density at radius 1 is 0.969 bits per heavy atom. The van der Waals surface area contributed by atoms with Crippen molar-refractivity contribution in [1.29, 1.82) is 0 Å². The smallest absolute Gasteiger partial charge is 0.223 e. The number of aromatic nitrogens is 1. The van der Waals surface area contributed by atoms with E-state index < -0.39 is 0 Å². The number of amides is 1. The molecule has 0 bridgehead atoms. The second-order valence-corrected chi connectivity index (χ2v) is 9.23. The third-order valence-electron chi connectivity index (χ3n) is 6.30. The minimum atomic E-state index is -0.0882. The number of rotatable bonds is 6. The summed E-state index contributed by atoms with van der Waals surface area (Å²) < 4.78 is 0. The van der Waals surface area contributed by atoms with Gasteiger partial charge >= 0.3 is 0 Å². The van der Waals surface area contributed by atoms with Crippen LogP contribution in [0.5, 0.6) is 0 Å². The summed E-state index contributed by atoms with van der Waals surface area (Å²) in [7, 11) is 0. The maximum atomic E-state index is 13.1. The first-order chi connectivity index (χ1) is 15.8. The van der Waals surface area contributed by atoms with E-state index >= 15 is 0 Å². The lowest BCUT2D eigenvalue weighted by molar-refractivity contribution is -0.127. The predicted molar refractivity (Wildman–Crippen MR) is 130 cm³/mol. The van der Waals surface area contributed by atoms with Crippen LogP contribution in [0, 0.1) is 5.92 Å². The Balaban J connectivity index is 1.20. The summed E-state index contributed by atoms with van der Waals surface area (Å²) in [5.41, 5.74) is 4.40. The Morgan fingerprint density at radius 2 is 1.75 bits per heavy atom. The van der Waals surface area contributed by atoms with E-state index in [4.69, 9.17) is 4.98 Å². The molecule has 5 rings (SSSR count). The standard InChI is InChI=1S/C27H27N3OS/c31-27(29-26(23-14-17-32-19-23)21-7-2-1-3-8-21)22-12-15-30(16-13-22)18-24-11-10-20-6-4-5-9-25(20)28-24/h1-11,14,17,19,22,26H,12-13,15-16,18H2,(H,29,31). The molecule has 1 fully saturated rings. The summed E-state index contributed by atoms with van der Waals surface area (Å²) >= 11 is 1.66. The number of hydrogen-bond donors (Lipinski definition) is 1. The molecule has 2 aromatic heterocycles. The van der Waals surface area contributed by atoms with Crippen LogP contribution in [-0.4, -0.2) is 28.9 Å². The average Bonchev–Trinajstić information content (AvgIpc) is 3.38. The molecular formula is C27H27N3OS. The van der Waals surface area contributed by atoms with Crippen LogP contribution in [0.1, 0.15) is 35.7 Å². The molecular weight excluding hydrogens is 414 g/mol. The van der Waals surface area contributed by atoms with Gasteiger partial charge in [-0.1, -0.05) is 54.6 Å². The Labute approximate surface area is 192 Å². The van der Waals surface area contributed by atoms with Gasteiger partial charge < -0.3 is 5.32 Å². The number of fused-ring (bicyclic) bond motifs is 1. The summed E-state index contributed by atoms with van der Waals surface area (Å²) in [6.45, 7) is 2.67. The number of nitrogens with one attached hydrogen (secondary N) is 1. The number of carbonyl (C=O) groups excluding carboxylic acids is 1. The van der Waals surface area contributed by atoms with Gasteiger partial charge in [0.1, 0.15) is 0 Å². The van der Waals surface area contributed by atoms with E-state index in [0.717, 1.165) is 54.8 Å². The number of carbonyl (C=O) groups is 1. The van der Waals surface area contributed by atoms with Gasteiger partial charge in [0, 0.05) is 17.8 Å². The van der Waals surface area contributed by atoms with Crippen molar-refractivity contribution >= 4 is 28.1 Å². The average molecular weight is 442 g/mol. The summed E-state index contributed by atoms with van der Waals surface area (Å²) in [4.78, 5) is 20.4. The molecule has 0 radical (unpaired) electrons. The van der Waals surface area contributed by atoms with Crippen molar-refractivity contribution < 1.29 is 4.79 Å². The van der Waals surface area contributed by atoms with Gasteiger partial charge in [-0.3, -0.25) is 14.7 Å². The van der Waals surface area contributed by atoms with Gasteiger partial charge in [0.05, 0.1) is 17.3 Å². The van der Waals surface area contributed by atoms with Crippen LogP contribution in [0.3, 0.4) is 0 Å². The zero-order chi connectivity index (χ0) is 21.8. The molecule has 5 heteroatoms. The third-order valence-corrected chi connectivity index (χ3v) is 7.00. The zero-order valence-electron chi connectivity index (χ0n) is 18.0. The highest BCUT2D eigenvalue weighted by molar-refractivity contribution is 7.08. The normalized spacial score (nSPS) is 16.1. The van der Waals surface area contributed by atoms with Crippen LogP contribution in [-0.2, 0) is 11.3 Å². The largest absolute Gasteiger partial charge is 0.345 e. The van der Waals surface area contributed by atoms with Crippen molar-refractivity contribution in [3.63, 3.8) is 0 Å². The molecule has 0 spiro atoms. The zero-order valence-corrected chi connectivity index (χ0v) is 18.8. The topological polar surface area (TPSA) is 45.2 Å². The highest BCUT2D eigenvalue weighted by Crippen LogP contribution is 2.26. The fraction of sp³-hybridized carbons (Fsp3) is 0.259. The number of thiophene rings is 1. The number of nitrogens with zero attached hydrogens (tertiary/aromatic N) is 2. The molecule has 32 heavy (non-hydrogen) atoms. The Hall–Kier alpha value is -3.02. The van der Waals surface area contributed by atoms with E-state index in [1.54, 1.807) is 11.3 Å². The fourth-order valence-electron chi connectivity index (χ4n) is 4.48. The molecule has 1 unspecified atom stereocenters. The summed E-state index contributed by atoms with van der Waals surface area (Å²) in [6.07, 6.45) is 1.76. The van der Waals surface area contributed by atoms with E-state index in [1.165, 1.54) is 5.39 Å². The minimum absolute atomic E-state index is 0.0562. The van der Waals surface area contributed by atoms with Crippen molar-refractivity contribution in [3.05, 3.63) is 100 Å². The molecule has 1 amide bonds. The minimum Gasteiger partial charge on any atom is -0.345 e. The van der Waals surface area contributed by atoms with Gasteiger partial charge in [0.15, 0.2) is 0 Å². The first-order valence-electron chi connectivity index (χ1n) is 11.2. The molecule has 1 aliphatic heterocycles. The van der Waals surface area contributed by atoms with E-state index in [2.05, 4.69) is 63.4 Å². The molecule has 0 aliphatic carbocycles. The molecule has 3 heterocycles. The summed E-state index contributed by atoms with van der Waals surface area (Å²) in [5, 5.41) is 8.69. The lowest BCUT2D eigenvalue weighted by Crippen LogP contribution is -2.41. The molecule has 1 atom stereocenters. The first kappa shape index (κ1) is 20.9. The van der Waals surface area contributed by atoms with Crippen molar-refractivity contribution in [3.8, 4) is 0 Å². The maximum Gasteiger partial charge on any atom is 0.223 e. The van der Waals surface area contributed by atoms with Gasteiger partial charge in [-0.25, -0.2) is 0 Å². The highest BCUT2D eigenvalue weighted by Gasteiger charge is 2.27. The molecule has 162 valence electrons. The van der Waals surface area contributed by atoms with E-state index in [9.17, 15) is 4.79 Å². The lowest BCUT2D eigenvalue weighted by Gasteiger charge is -2.32. The van der Waals surface area contributed by atoms with E-state index in [0.29, 0.717) is 0 Å². The van der Waals surface area contributed by atoms with Crippen LogP contribution in [0.25, 0.3) is 10.9 Å². The predicted octanol–water partition coefficient (Wildman–Crippen LogP) is 5.41. The molecule has 1 aliphatic rings. The first-order valence-corrected chi connectivity index (χ1v) is 12.1. The van der Waals surface area contributed by atoms with E-state index in [-0.39, 0.29) is 17.9 Å². The molecule has 0 saturated carbocycles. The van der Waals surface area contributed by atoms with Crippen LogP contribution in [0.4, 0.5) is 0 Å². The van der Waals surface area contributed by atoms with Gasteiger partial charge in [0.25, 0.3) is 0 Å². The number of benzene rings is 2. The Morgan fingerprint density at radius 3 is 2.53 bits per heavy atom. The quantitative estimate of drug-likeness (QED) is 0.435. The summed E-state index contributed by atoms with van der Waals surface area (Å²) in [6, 6.07) is 24.7. The van der Waals surface area contributed by atoms with Crippen molar-refractivity contribution in [2.75, 3.05) is 13.1 Å². The molecule has 1 saturated heterocycles. The van der Waals surface area contributed by atoms with Gasteiger partial charge in [-0.05, 0) is 66.0 Å². The molecule has 2 aromatic carbocycles. The lowest BCUT2D eigenvalue weighted by atomic mass is 9.94. The van der Waals surface area contributed by atoms with Crippen molar-refractivity contribution in [2.45, 2.75) is 25.4 Å². The third kappa shape index (κ3) is 4.74.